The molecule has 0 saturated carbocycles. The predicted octanol–water partition coefficient (Wildman–Crippen LogP) is 3.11. The Morgan fingerprint density at radius 1 is 1.20 bits per heavy atom. The molecule has 0 aliphatic carbocycles. The number of thiazole rings is 1. The van der Waals surface area contributed by atoms with Crippen LogP contribution in [0.5, 0.6) is 0 Å². The van der Waals surface area contributed by atoms with E-state index in [2.05, 4.69) is 22.9 Å². The number of carbonyl (C=O) groups is 1. The van der Waals surface area contributed by atoms with Gasteiger partial charge in [0.1, 0.15) is 5.69 Å². The predicted molar refractivity (Wildman–Crippen MR) is 118 cm³/mol. The van der Waals surface area contributed by atoms with Crippen molar-refractivity contribution < 1.29 is 4.79 Å². The van der Waals surface area contributed by atoms with Crippen molar-refractivity contribution >= 4 is 17.2 Å². The molecule has 0 N–H and O–H groups in total. The van der Waals surface area contributed by atoms with Crippen molar-refractivity contribution in [2.24, 2.45) is 5.92 Å². The van der Waals surface area contributed by atoms with E-state index in [-0.39, 0.29) is 17.4 Å². The van der Waals surface area contributed by atoms with Crippen LogP contribution in [0.1, 0.15) is 65.3 Å². The Hall–Kier alpha value is -1.99. The lowest BCUT2D eigenvalue weighted by Gasteiger charge is -2.42. The van der Waals surface area contributed by atoms with Crippen molar-refractivity contribution in [1.29, 1.82) is 0 Å². The summed E-state index contributed by atoms with van der Waals surface area (Å²) in [5, 5.41) is 2.95. The molecule has 5 rings (SSSR count). The molecule has 2 aromatic rings. The molecule has 0 spiro atoms. The lowest BCUT2D eigenvalue weighted by atomic mass is 9.83. The average Bonchev–Trinajstić information content (AvgIpc) is 3.42. The quantitative estimate of drug-likeness (QED) is 0.737. The molecule has 2 aromatic heterocycles. The van der Waals surface area contributed by atoms with Gasteiger partial charge in [0.2, 0.25) is 0 Å². The number of nitrogens with zero attached hydrogens (tertiary/aromatic N) is 4. The topological polar surface area (TPSA) is 58.4 Å². The second-order valence-corrected chi connectivity index (χ2v) is 10.0. The van der Waals surface area contributed by atoms with Gasteiger partial charge in [-0.2, -0.15) is 0 Å². The first-order valence-corrected chi connectivity index (χ1v) is 12.2. The van der Waals surface area contributed by atoms with Crippen LogP contribution in [0.15, 0.2) is 22.3 Å². The zero-order valence-corrected chi connectivity index (χ0v) is 18.5. The fourth-order valence-electron chi connectivity index (χ4n) is 5.36. The Morgan fingerprint density at radius 3 is 2.83 bits per heavy atom. The van der Waals surface area contributed by atoms with Crippen molar-refractivity contribution in [3.63, 3.8) is 0 Å². The van der Waals surface area contributed by atoms with E-state index in [1.165, 1.54) is 12.8 Å². The molecule has 3 aliphatic heterocycles. The van der Waals surface area contributed by atoms with E-state index in [4.69, 9.17) is 0 Å². The molecule has 3 aliphatic rings. The van der Waals surface area contributed by atoms with Gasteiger partial charge in [-0.05, 0) is 57.2 Å². The van der Waals surface area contributed by atoms with Gasteiger partial charge in [0, 0.05) is 48.7 Å². The third-order valence-electron chi connectivity index (χ3n) is 6.80. The van der Waals surface area contributed by atoms with Crippen LogP contribution in [-0.2, 0) is 19.5 Å². The zero-order chi connectivity index (χ0) is 20.7. The number of rotatable bonds is 5. The number of likely N-dealkylation sites (tertiary alicyclic amines) is 2. The molecule has 30 heavy (non-hydrogen) atoms. The highest BCUT2D eigenvalue weighted by atomic mass is 32.1. The van der Waals surface area contributed by atoms with Crippen LogP contribution in [0.2, 0.25) is 0 Å². The van der Waals surface area contributed by atoms with Crippen LogP contribution in [0.3, 0.4) is 0 Å². The average molecular weight is 427 g/mol. The van der Waals surface area contributed by atoms with E-state index in [1.54, 1.807) is 11.3 Å². The van der Waals surface area contributed by atoms with Crippen molar-refractivity contribution in [2.75, 3.05) is 26.2 Å². The molecule has 0 unspecified atom stereocenters. The molecule has 2 fully saturated rings. The molecule has 0 aromatic carbocycles. The first kappa shape index (κ1) is 19.9. The summed E-state index contributed by atoms with van der Waals surface area (Å²) in [4.78, 5) is 35.2. The Morgan fingerprint density at radius 2 is 2.03 bits per heavy atom. The van der Waals surface area contributed by atoms with Gasteiger partial charge in [0.25, 0.3) is 11.5 Å². The maximum Gasteiger partial charge on any atom is 0.273 e. The first-order chi connectivity index (χ1) is 14.6. The second-order valence-electron chi connectivity index (χ2n) is 9.07. The molecular formula is C23H30N4O2S. The SMILES string of the molecule is CCCc1nc(C(=O)N2C[C@@H]3C[C@H](C2)c2ccc(CN4CCCC4)c(=O)n2C3)cs1. The Bertz CT molecular complexity index is 991. The summed E-state index contributed by atoms with van der Waals surface area (Å²) in [6.07, 6.45) is 5.50. The van der Waals surface area contributed by atoms with Crippen LogP contribution < -0.4 is 5.56 Å². The summed E-state index contributed by atoms with van der Waals surface area (Å²) >= 11 is 1.58. The summed E-state index contributed by atoms with van der Waals surface area (Å²) in [7, 11) is 0. The highest BCUT2D eigenvalue weighted by Crippen LogP contribution is 2.36. The maximum atomic E-state index is 13.2. The van der Waals surface area contributed by atoms with Crippen LogP contribution in [0, 0.1) is 5.92 Å². The fourth-order valence-corrected chi connectivity index (χ4v) is 6.23. The lowest BCUT2D eigenvalue weighted by molar-refractivity contribution is 0.0589. The third kappa shape index (κ3) is 3.73. The van der Waals surface area contributed by atoms with E-state index in [0.717, 1.165) is 68.3 Å². The van der Waals surface area contributed by atoms with Gasteiger partial charge in [-0.25, -0.2) is 4.98 Å². The largest absolute Gasteiger partial charge is 0.336 e. The van der Waals surface area contributed by atoms with Crippen LogP contribution in [-0.4, -0.2) is 51.4 Å². The number of carbonyl (C=O) groups excluding carboxylic acids is 1. The molecule has 2 atom stereocenters. The highest BCUT2D eigenvalue weighted by Gasteiger charge is 2.37. The van der Waals surface area contributed by atoms with Gasteiger partial charge >= 0.3 is 0 Å². The molecule has 160 valence electrons. The van der Waals surface area contributed by atoms with E-state index >= 15 is 0 Å². The molecule has 2 saturated heterocycles. The molecule has 2 bridgehead atoms. The first-order valence-electron chi connectivity index (χ1n) is 11.3. The molecule has 6 nitrogen and oxygen atoms in total. The minimum Gasteiger partial charge on any atom is -0.336 e. The van der Waals surface area contributed by atoms with Crippen molar-refractivity contribution in [2.45, 2.75) is 58.0 Å². The summed E-state index contributed by atoms with van der Waals surface area (Å²) in [5.74, 6) is 0.627. The number of aryl methyl sites for hydroxylation is 1. The van der Waals surface area contributed by atoms with Crippen molar-refractivity contribution in [3.05, 3.63) is 49.8 Å². The normalized spacial score (nSPS) is 23.6. The highest BCUT2D eigenvalue weighted by molar-refractivity contribution is 7.09. The van der Waals surface area contributed by atoms with Gasteiger partial charge in [-0.3, -0.25) is 14.5 Å². The molecule has 7 heteroatoms. The number of piperidine rings is 1. The van der Waals surface area contributed by atoms with Crippen molar-refractivity contribution in [3.8, 4) is 0 Å². The number of fused-ring (bicyclic) bond motifs is 4. The summed E-state index contributed by atoms with van der Waals surface area (Å²) < 4.78 is 2.01. The number of amides is 1. The smallest absolute Gasteiger partial charge is 0.273 e. The molecule has 1 amide bonds. The minimum absolute atomic E-state index is 0.0461. The molecule has 0 radical (unpaired) electrons. The van der Waals surface area contributed by atoms with Crippen LogP contribution in [0.25, 0.3) is 0 Å². The summed E-state index contributed by atoms with van der Waals surface area (Å²) in [6, 6.07) is 4.18. The van der Waals surface area contributed by atoms with E-state index < -0.39 is 0 Å². The number of pyridine rings is 1. The Balaban J connectivity index is 1.35. The van der Waals surface area contributed by atoms with Crippen molar-refractivity contribution in [1.82, 2.24) is 19.4 Å². The van der Waals surface area contributed by atoms with Gasteiger partial charge < -0.3 is 9.47 Å². The number of hydrogen-bond donors (Lipinski definition) is 0. The molecule has 5 heterocycles. The van der Waals surface area contributed by atoms with Crippen LogP contribution in [0.4, 0.5) is 0 Å². The van der Waals surface area contributed by atoms with E-state index in [0.29, 0.717) is 18.2 Å². The lowest BCUT2D eigenvalue weighted by Crippen LogP contribution is -2.49. The van der Waals surface area contributed by atoms with Gasteiger partial charge in [-0.1, -0.05) is 13.0 Å². The molecular weight excluding hydrogens is 396 g/mol. The van der Waals surface area contributed by atoms with Gasteiger partial charge in [0.15, 0.2) is 0 Å². The number of hydrogen-bond acceptors (Lipinski definition) is 5. The third-order valence-corrected chi connectivity index (χ3v) is 7.71. The Kier molecular flexibility index (Phi) is 5.50. The summed E-state index contributed by atoms with van der Waals surface area (Å²) in [6.45, 7) is 7.22. The standard InChI is InChI=1S/C23H30N4O2S/c1-2-5-21-24-19(15-30-21)23(29)26-11-16-10-18(14-26)20-7-6-17(22(28)27(20)12-16)13-25-8-3-4-9-25/h6-7,15-16,18H,2-5,8-14H2,1H3/t16-,18+/m0/s1. The van der Waals surface area contributed by atoms with Gasteiger partial charge in [0.05, 0.1) is 5.01 Å². The van der Waals surface area contributed by atoms with E-state index in [9.17, 15) is 9.59 Å². The monoisotopic (exact) mass is 426 g/mol. The maximum absolute atomic E-state index is 13.2. The minimum atomic E-state index is 0.0461. The van der Waals surface area contributed by atoms with E-state index in [1.807, 2.05) is 20.9 Å². The number of aromatic nitrogens is 2. The Labute approximate surface area is 181 Å². The van der Waals surface area contributed by atoms with Gasteiger partial charge in [-0.15, -0.1) is 11.3 Å². The summed E-state index contributed by atoms with van der Waals surface area (Å²) in [5.41, 5.74) is 2.78. The van der Waals surface area contributed by atoms with Crippen LogP contribution >= 0.6 is 11.3 Å². The second kappa shape index (κ2) is 8.27. The fraction of sp³-hybridized carbons (Fsp3) is 0.609. The zero-order valence-electron chi connectivity index (χ0n) is 17.7.